The third-order valence-corrected chi connectivity index (χ3v) is 4.31. The van der Waals surface area contributed by atoms with Crippen molar-refractivity contribution in [3.05, 3.63) is 21.4 Å². The molecule has 2 unspecified atom stereocenters. The Labute approximate surface area is 104 Å². The summed E-state index contributed by atoms with van der Waals surface area (Å²) < 4.78 is 5.68. The quantitative estimate of drug-likeness (QED) is 0.865. The number of thiophene rings is 1. The number of hydrogen-bond acceptors (Lipinski definition) is 4. The number of carbonyl (C=O) groups is 1. The number of rotatable bonds is 4. The third kappa shape index (κ3) is 2.51. The largest absolute Gasteiger partial charge is 0.480 e. The predicted octanol–water partition coefficient (Wildman–Crippen LogP) is 2.25. The predicted molar refractivity (Wildman–Crippen MR) is 66.2 cm³/mol. The fourth-order valence-corrected chi connectivity index (χ4v) is 3.44. The number of aryl methyl sites for hydroxylation is 1. The van der Waals surface area contributed by atoms with Crippen LogP contribution in [0.2, 0.25) is 0 Å². The minimum atomic E-state index is -0.975. The molecule has 1 aliphatic rings. The number of fused-ring (bicyclic) bond motifs is 1. The topological polar surface area (TPSA) is 72.5 Å². The summed E-state index contributed by atoms with van der Waals surface area (Å²) in [7, 11) is 0. The first-order chi connectivity index (χ1) is 8.13. The van der Waals surface area contributed by atoms with E-state index in [9.17, 15) is 4.79 Å². The molecule has 3 N–H and O–H groups in total. The molecule has 0 amide bonds. The highest BCUT2D eigenvalue weighted by Crippen LogP contribution is 2.39. The monoisotopic (exact) mass is 255 g/mol. The first-order valence-corrected chi connectivity index (χ1v) is 6.67. The number of nitrogens with two attached hydrogens (primary N) is 1. The van der Waals surface area contributed by atoms with E-state index in [-0.39, 0.29) is 6.10 Å². The molecular formula is C12H17NO3S. The SMILES string of the molecule is CCOC1CCCc2sc(C(N)C(=O)O)cc21. The third-order valence-electron chi connectivity index (χ3n) is 3.02. The minimum Gasteiger partial charge on any atom is -0.480 e. The van der Waals surface area contributed by atoms with Crippen LogP contribution < -0.4 is 5.73 Å². The second-order valence-electron chi connectivity index (χ2n) is 4.18. The Morgan fingerprint density at radius 3 is 3.18 bits per heavy atom. The van der Waals surface area contributed by atoms with Crippen molar-refractivity contribution in [3.63, 3.8) is 0 Å². The number of carboxylic acids is 1. The van der Waals surface area contributed by atoms with Gasteiger partial charge in [-0.1, -0.05) is 0 Å². The lowest BCUT2D eigenvalue weighted by Gasteiger charge is -2.22. The molecule has 0 saturated carbocycles. The Morgan fingerprint density at radius 2 is 2.53 bits per heavy atom. The highest BCUT2D eigenvalue weighted by molar-refractivity contribution is 7.12. The van der Waals surface area contributed by atoms with Crippen LogP contribution in [0.4, 0.5) is 0 Å². The fraction of sp³-hybridized carbons (Fsp3) is 0.583. The average molecular weight is 255 g/mol. The van der Waals surface area contributed by atoms with Gasteiger partial charge in [0.25, 0.3) is 0 Å². The van der Waals surface area contributed by atoms with Crippen molar-refractivity contribution in [1.29, 1.82) is 0 Å². The van der Waals surface area contributed by atoms with Crippen LogP contribution >= 0.6 is 11.3 Å². The molecule has 1 aromatic heterocycles. The zero-order valence-corrected chi connectivity index (χ0v) is 10.6. The molecule has 0 radical (unpaired) electrons. The van der Waals surface area contributed by atoms with E-state index in [1.807, 2.05) is 13.0 Å². The van der Waals surface area contributed by atoms with Crippen molar-refractivity contribution in [3.8, 4) is 0 Å². The van der Waals surface area contributed by atoms with E-state index in [1.165, 1.54) is 16.2 Å². The van der Waals surface area contributed by atoms with E-state index in [4.69, 9.17) is 15.6 Å². The van der Waals surface area contributed by atoms with Crippen molar-refractivity contribution in [2.75, 3.05) is 6.61 Å². The van der Waals surface area contributed by atoms with Gasteiger partial charge in [-0.25, -0.2) is 0 Å². The normalized spacial score (nSPS) is 20.9. The van der Waals surface area contributed by atoms with Crippen LogP contribution in [0.3, 0.4) is 0 Å². The van der Waals surface area contributed by atoms with E-state index < -0.39 is 12.0 Å². The molecule has 0 bridgehead atoms. The summed E-state index contributed by atoms with van der Waals surface area (Å²) in [5.41, 5.74) is 6.79. The molecule has 1 heterocycles. The van der Waals surface area contributed by atoms with Gasteiger partial charge in [0, 0.05) is 16.4 Å². The van der Waals surface area contributed by atoms with Crippen LogP contribution in [0.25, 0.3) is 0 Å². The van der Waals surface area contributed by atoms with Crippen molar-refractivity contribution < 1.29 is 14.6 Å². The van der Waals surface area contributed by atoms with Gasteiger partial charge in [0.2, 0.25) is 0 Å². The smallest absolute Gasteiger partial charge is 0.325 e. The summed E-state index contributed by atoms with van der Waals surface area (Å²) in [5, 5.41) is 8.92. The summed E-state index contributed by atoms with van der Waals surface area (Å²) in [6.45, 7) is 2.66. The van der Waals surface area contributed by atoms with E-state index in [0.29, 0.717) is 6.61 Å². The molecule has 1 aromatic rings. The van der Waals surface area contributed by atoms with Crippen LogP contribution in [0.15, 0.2) is 6.07 Å². The Morgan fingerprint density at radius 1 is 1.76 bits per heavy atom. The van der Waals surface area contributed by atoms with Gasteiger partial charge in [-0.05, 0) is 37.8 Å². The molecule has 2 rings (SSSR count). The highest BCUT2D eigenvalue weighted by atomic mass is 32.1. The standard InChI is InChI=1S/C12H17NO3S/c1-2-16-8-4-3-5-9-7(8)6-10(17-9)11(13)12(14)15/h6,8,11H,2-5,13H2,1H3,(H,14,15). The van der Waals surface area contributed by atoms with Crippen LogP contribution in [-0.2, 0) is 16.0 Å². The maximum absolute atomic E-state index is 10.9. The summed E-state index contributed by atoms with van der Waals surface area (Å²) in [4.78, 5) is 12.8. The molecule has 5 heteroatoms. The Bertz CT molecular complexity index is 416. The van der Waals surface area contributed by atoms with Gasteiger partial charge in [0.15, 0.2) is 0 Å². The molecule has 4 nitrogen and oxygen atoms in total. The van der Waals surface area contributed by atoms with E-state index in [1.54, 1.807) is 0 Å². The maximum atomic E-state index is 10.9. The molecule has 94 valence electrons. The fourth-order valence-electron chi connectivity index (χ4n) is 2.19. The van der Waals surface area contributed by atoms with Gasteiger partial charge in [0.1, 0.15) is 6.04 Å². The van der Waals surface area contributed by atoms with Crippen LogP contribution in [0.5, 0.6) is 0 Å². The first-order valence-electron chi connectivity index (χ1n) is 5.86. The molecule has 17 heavy (non-hydrogen) atoms. The number of ether oxygens (including phenoxy) is 1. The molecule has 0 saturated heterocycles. The van der Waals surface area contributed by atoms with Crippen molar-refractivity contribution in [2.45, 2.75) is 38.3 Å². The lowest BCUT2D eigenvalue weighted by atomic mass is 9.95. The molecule has 0 aromatic carbocycles. The summed E-state index contributed by atoms with van der Waals surface area (Å²) in [5.74, 6) is -0.975. The number of hydrogen-bond donors (Lipinski definition) is 2. The van der Waals surface area contributed by atoms with Gasteiger partial charge in [0.05, 0.1) is 6.10 Å². The summed E-state index contributed by atoms with van der Waals surface area (Å²) in [6.07, 6.45) is 3.24. The Kier molecular flexibility index (Phi) is 3.81. The van der Waals surface area contributed by atoms with Gasteiger partial charge < -0.3 is 15.6 Å². The van der Waals surface area contributed by atoms with Gasteiger partial charge in [-0.15, -0.1) is 11.3 Å². The van der Waals surface area contributed by atoms with Crippen LogP contribution in [0, 0.1) is 0 Å². The van der Waals surface area contributed by atoms with Gasteiger partial charge >= 0.3 is 5.97 Å². The van der Waals surface area contributed by atoms with Crippen LogP contribution in [-0.4, -0.2) is 17.7 Å². The molecule has 2 atom stereocenters. The molecule has 1 aliphatic carbocycles. The number of aliphatic carboxylic acids is 1. The molecule has 0 fully saturated rings. The lowest BCUT2D eigenvalue weighted by Crippen LogP contribution is -2.19. The van der Waals surface area contributed by atoms with Crippen LogP contribution in [0.1, 0.15) is 47.2 Å². The van der Waals surface area contributed by atoms with E-state index in [0.717, 1.165) is 29.7 Å². The second-order valence-corrected chi connectivity index (χ2v) is 5.35. The van der Waals surface area contributed by atoms with Gasteiger partial charge in [-0.3, -0.25) is 4.79 Å². The molecule has 0 aliphatic heterocycles. The average Bonchev–Trinajstić information content (AvgIpc) is 2.73. The van der Waals surface area contributed by atoms with E-state index in [2.05, 4.69) is 0 Å². The van der Waals surface area contributed by atoms with Crippen molar-refractivity contribution >= 4 is 17.3 Å². The Balaban J connectivity index is 2.27. The zero-order chi connectivity index (χ0) is 12.4. The maximum Gasteiger partial charge on any atom is 0.325 e. The Hall–Kier alpha value is -0.910. The first kappa shape index (κ1) is 12.5. The highest BCUT2D eigenvalue weighted by Gasteiger charge is 2.26. The lowest BCUT2D eigenvalue weighted by molar-refractivity contribution is -0.138. The summed E-state index contributed by atoms with van der Waals surface area (Å²) >= 11 is 1.52. The zero-order valence-electron chi connectivity index (χ0n) is 9.81. The minimum absolute atomic E-state index is 0.120. The molecule has 0 spiro atoms. The van der Waals surface area contributed by atoms with Crippen molar-refractivity contribution in [2.24, 2.45) is 5.73 Å². The van der Waals surface area contributed by atoms with Gasteiger partial charge in [-0.2, -0.15) is 0 Å². The van der Waals surface area contributed by atoms with E-state index >= 15 is 0 Å². The summed E-state index contributed by atoms with van der Waals surface area (Å²) in [6, 6.07) is 1.01. The molecular weight excluding hydrogens is 238 g/mol. The number of carboxylic acid groups (broad SMARTS) is 1. The second kappa shape index (κ2) is 5.16. The van der Waals surface area contributed by atoms with Crippen molar-refractivity contribution in [1.82, 2.24) is 0 Å².